The smallest absolute Gasteiger partial charge is 0.143 e. The van der Waals surface area contributed by atoms with Gasteiger partial charge in [0.2, 0.25) is 0 Å². The second kappa shape index (κ2) is 4.50. The Kier molecular flexibility index (Phi) is 2.84. The molecule has 92 valence electrons. The SMILES string of the molecule is Fc1ccc2c(c1)NCC(c1ccc(Cl)cc1)O2. The summed E-state index contributed by atoms with van der Waals surface area (Å²) in [4.78, 5) is 0. The molecule has 2 aromatic rings. The molecule has 0 saturated heterocycles. The van der Waals surface area contributed by atoms with E-state index in [1.54, 1.807) is 6.07 Å². The molecule has 0 bridgehead atoms. The van der Waals surface area contributed by atoms with Crippen LogP contribution in [0.5, 0.6) is 5.75 Å². The fraction of sp³-hybridized carbons (Fsp3) is 0.143. The zero-order chi connectivity index (χ0) is 12.5. The van der Waals surface area contributed by atoms with Gasteiger partial charge in [0.15, 0.2) is 0 Å². The van der Waals surface area contributed by atoms with E-state index in [-0.39, 0.29) is 11.9 Å². The van der Waals surface area contributed by atoms with Gasteiger partial charge in [-0.1, -0.05) is 23.7 Å². The monoisotopic (exact) mass is 263 g/mol. The van der Waals surface area contributed by atoms with Gasteiger partial charge in [0.1, 0.15) is 17.7 Å². The average molecular weight is 264 g/mol. The molecule has 4 heteroatoms. The van der Waals surface area contributed by atoms with E-state index in [1.807, 2.05) is 24.3 Å². The molecular formula is C14H11ClFNO. The summed E-state index contributed by atoms with van der Waals surface area (Å²) in [5.41, 5.74) is 1.74. The summed E-state index contributed by atoms with van der Waals surface area (Å²) >= 11 is 5.85. The number of halogens is 2. The average Bonchev–Trinajstić information content (AvgIpc) is 2.39. The normalized spacial score (nSPS) is 17.6. The minimum atomic E-state index is -0.269. The van der Waals surface area contributed by atoms with E-state index in [9.17, 15) is 4.39 Å². The Hall–Kier alpha value is -1.74. The topological polar surface area (TPSA) is 21.3 Å². The maximum absolute atomic E-state index is 13.0. The van der Waals surface area contributed by atoms with Crippen molar-refractivity contribution in [2.75, 3.05) is 11.9 Å². The maximum atomic E-state index is 13.0. The second-order valence-electron chi connectivity index (χ2n) is 4.18. The molecule has 0 radical (unpaired) electrons. The van der Waals surface area contributed by atoms with Crippen molar-refractivity contribution in [3.8, 4) is 5.75 Å². The molecule has 1 heterocycles. The van der Waals surface area contributed by atoms with Gasteiger partial charge in [-0.2, -0.15) is 0 Å². The molecule has 1 aliphatic rings. The summed E-state index contributed by atoms with van der Waals surface area (Å²) in [6.45, 7) is 0.609. The van der Waals surface area contributed by atoms with E-state index < -0.39 is 0 Å². The van der Waals surface area contributed by atoms with Gasteiger partial charge in [0.25, 0.3) is 0 Å². The summed E-state index contributed by atoms with van der Waals surface area (Å²) in [5.74, 6) is 0.400. The first-order valence-corrected chi connectivity index (χ1v) is 6.06. The van der Waals surface area contributed by atoms with E-state index in [2.05, 4.69) is 5.32 Å². The van der Waals surface area contributed by atoms with Crippen molar-refractivity contribution in [3.05, 3.63) is 58.9 Å². The first-order valence-electron chi connectivity index (χ1n) is 5.68. The molecule has 1 aliphatic heterocycles. The van der Waals surface area contributed by atoms with Crippen molar-refractivity contribution in [3.63, 3.8) is 0 Å². The third-order valence-corrected chi connectivity index (χ3v) is 3.18. The molecule has 1 N–H and O–H groups in total. The van der Waals surface area contributed by atoms with Crippen molar-refractivity contribution >= 4 is 17.3 Å². The summed E-state index contributed by atoms with van der Waals surface area (Å²) in [7, 11) is 0. The lowest BCUT2D eigenvalue weighted by atomic mass is 10.1. The summed E-state index contributed by atoms with van der Waals surface area (Å²) in [6.07, 6.45) is -0.0831. The zero-order valence-electron chi connectivity index (χ0n) is 9.49. The molecule has 1 atom stereocenters. The van der Waals surface area contributed by atoms with Crippen LogP contribution in [-0.2, 0) is 0 Å². The molecule has 2 nitrogen and oxygen atoms in total. The van der Waals surface area contributed by atoms with Crippen LogP contribution in [0.2, 0.25) is 5.02 Å². The fourth-order valence-corrected chi connectivity index (χ4v) is 2.13. The number of nitrogens with one attached hydrogen (secondary N) is 1. The number of benzene rings is 2. The molecular weight excluding hydrogens is 253 g/mol. The number of rotatable bonds is 1. The largest absolute Gasteiger partial charge is 0.482 e. The van der Waals surface area contributed by atoms with Crippen molar-refractivity contribution < 1.29 is 9.13 Å². The molecule has 0 spiro atoms. The molecule has 0 aliphatic carbocycles. The van der Waals surface area contributed by atoms with Crippen molar-refractivity contribution in [1.29, 1.82) is 0 Å². The highest BCUT2D eigenvalue weighted by molar-refractivity contribution is 6.30. The Morgan fingerprint density at radius 3 is 2.72 bits per heavy atom. The minimum Gasteiger partial charge on any atom is -0.482 e. The Balaban J connectivity index is 1.86. The van der Waals surface area contributed by atoms with Crippen molar-refractivity contribution in [2.24, 2.45) is 0 Å². The van der Waals surface area contributed by atoms with Gasteiger partial charge >= 0.3 is 0 Å². The van der Waals surface area contributed by atoms with Gasteiger partial charge in [-0.25, -0.2) is 4.39 Å². The van der Waals surface area contributed by atoms with Crippen LogP contribution in [0.25, 0.3) is 0 Å². The van der Waals surface area contributed by atoms with Gasteiger partial charge in [-0.15, -0.1) is 0 Å². The Morgan fingerprint density at radius 1 is 1.17 bits per heavy atom. The van der Waals surface area contributed by atoms with Crippen LogP contribution in [0.3, 0.4) is 0 Å². The van der Waals surface area contributed by atoms with Crippen LogP contribution < -0.4 is 10.1 Å². The first kappa shape index (κ1) is 11.4. The highest BCUT2D eigenvalue weighted by Gasteiger charge is 2.20. The van der Waals surface area contributed by atoms with Gasteiger partial charge in [-0.05, 0) is 29.8 Å². The molecule has 0 amide bonds. The van der Waals surface area contributed by atoms with Crippen molar-refractivity contribution in [2.45, 2.75) is 6.10 Å². The molecule has 2 aromatic carbocycles. The van der Waals surface area contributed by atoms with Crippen molar-refractivity contribution in [1.82, 2.24) is 0 Å². The molecule has 3 rings (SSSR count). The molecule has 0 saturated carbocycles. The summed E-state index contributed by atoms with van der Waals surface area (Å²) in [5, 5.41) is 3.87. The predicted molar refractivity (Wildman–Crippen MR) is 69.7 cm³/mol. The Morgan fingerprint density at radius 2 is 1.94 bits per heavy atom. The minimum absolute atomic E-state index is 0.0831. The fourth-order valence-electron chi connectivity index (χ4n) is 2.00. The maximum Gasteiger partial charge on any atom is 0.143 e. The van der Waals surface area contributed by atoms with E-state index in [1.165, 1.54) is 12.1 Å². The van der Waals surface area contributed by atoms with Crippen LogP contribution in [0, 0.1) is 5.82 Å². The lowest BCUT2D eigenvalue weighted by Gasteiger charge is -2.27. The molecule has 1 unspecified atom stereocenters. The van der Waals surface area contributed by atoms with E-state index in [0.717, 1.165) is 5.56 Å². The number of ether oxygens (including phenoxy) is 1. The van der Waals surface area contributed by atoms with E-state index >= 15 is 0 Å². The quantitative estimate of drug-likeness (QED) is 0.839. The molecule has 0 fully saturated rings. The summed E-state index contributed by atoms with van der Waals surface area (Å²) in [6, 6.07) is 12.0. The third kappa shape index (κ3) is 2.14. The second-order valence-corrected chi connectivity index (χ2v) is 4.62. The zero-order valence-corrected chi connectivity index (χ0v) is 10.2. The van der Waals surface area contributed by atoms with Gasteiger partial charge in [0, 0.05) is 11.1 Å². The van der Waals surface area contributed by atoms with Crippen LogP contribution >= 0.6 is 11.6 Å². The number of hydrogen-bond donors (Lipinski definition) is 1. The number of anilines is 1. The lowest BCUT2D eigenvalue weighted by Crippen LogP contribution is -2.23. The highest BCUT2D eigenvalue weighted by Crippen LogP contribution is 2.34. The van der Waals surface area contributed by atoms with Crippen LogP contribution in [0.15, 0.2) is 42.5 Å². The highest BCUT2D eigenvalue weighted by atomic mass is 35.5. The van der Waals surface area contributed by atoms with E-state index in [4.69, 9.17) is 16.3 Å². The van der Waals surface area contributed by atoms with E-state index in [0.29, 0.717) is 23.0 Å². The summed E-state index contributed by atoms with van der Waals surface area (Å²) < 4.78 is 18.9. The Bertz CT molecular complexity index is 571. The predicted octanol–water partition coefficient (Wildman–Crippen LogP) is 4.02. The van der Waals surface area contributed by atoms with Crippen LogP contribution in [-0.4, -0.2) is 6.54 Å². The Labute approximate surface area is 109 Å². The lowest BCUT2D eigenvalue weighted by molar-refractivity contribution is 0.210. The first-order chi connectivity index (χ1) is 8.72. The molecule has 18 heavy (non-hydrogen) atoms. The van der Waals surface area contributed by atoms with Crippen LogP contribution in [0.4, 0.5) is 10.1 Å². The van der Waals surface area contributed by atoms with Gasteiger partial charge in [-0.3, -0.25) is 0 Å². The van der Waals surface area contributed by atoms with Gasteiger partial charge in [0.05, 0.1) is 12.2 Å². The number of hydrogen-bond acceptors (Lipinski definition) is 2. The third-order valence-electron chi connectivity index (χ3n) is 2.93. The van der Waals surface area contributed by atoms with Crippen LogP contribution in [0.1, 0.15) is 11.7 Å². The molecule has 0 aromatic heterocycles. The van der Waals surface area contributed by atoms with Gasteiger partial charge < -0.3 is 10.1 Å². The standard InChI is InChI=1S/C14H11ClFNO/c15-10-3-1-9(2-4-10)14-8-17-12-7-11(16)5-6-13(12)18-14/h1-7,14,17H,8H2. The number of fused-ring (bicyclic) bond motifs is 1.